The van der Waals surface area contributed by atoms with Crippen LogP contribution in [0, 0.1) is 12.7 Å². The predicted octanol–water partition coefficient (Wildman–Crippen LogP) is 4.04. The molecule has 0 spiro atoms. The molecule has 2 aromatic rings. The molecule has 25 heavy (non-hydrogen) atoms. The van der Waals surface area contributed by atoms with Crippen molar-refractivity contribution in [2.75, 3.05) is 6.54 Å². The SMILES string of the molecule is Cc1cc(CC(C)NCCCc2ccc(C(N)=O)c(Cl)c2)ccc1F. The summed E-state index contributed by atoms with van der Waals surface area (Å²) in [6.45, 7) is 4.78. The number of carbonyl (C=O) groups is 1. The zero-order valence-corrected chi connectivity index (χ0v) is 15.4. The van der Waals surface area contributed by atoms with Crippen molar-refractivity contribution >= 4 is 17.5 Å². The molecule has 0 saturated carbocycles. The third-order valence-corrected chi connectivity index (χ3v) is 4.51. The number of amides is 1. The van der Waals surface area contributed by atoms with Gasteiger partial charge in [-0.3, -0.25) is 4.79 Å². The van der Waals surface area contributed by atoms with E-state index in [2.05, 4.69) is 12.2 Å². The van der Waals surface area contributed by atoms with Gasteiger partial charge in [0.25, 0.3) is 0 Å². The van der Waals surface area contributed by atoms with Crippen LogP contribution >= 0.6 is 11.6 Å². The monoisotopic (exact) mass is 362 g/mol. The van der Waals surface area contributed by atoms with E-state index in [1.165, 1.54) is 6.07 Å². The Kier molecular flexibility index (Phi) is 6.97. The first-order valence-electron chi connectivity index (χ1n) is 8.43. The highest BCUT2D eigenvalue weighted by Crippen LogP contribution is 2.18. The van der Waals surface area contributed by atoms with E-state index < -0.39 is 5.91 Å². The summed E-state index contributed by atoms with van der Waals surface area (Å²) < 4.78 is 13.3. The zero-order valence-electron chi connectivity index (χ0n) is 14.6. The highest BCUT2D eigenvalue weighted by atomic mass is 35.5. The molecule has 0 fully saturated rings. The Hall–Kier alpha value is -1.91. The van der Waals surface area contributed by atoms with Crippen LogP contribution in [0.4, 0.5) is 4.39 Å². The van der Waals surface area contributed by atoms with Crippen LogP contribution in [0.25, 0.3) is 0 Å². The Morgan fingerprint density at radius 1 is 1.24 bits per heavy atom. The number of carbonyl (C=O) groups excluding carboxylic acids is 1. The van der Waals surface area contributed by atoms with Crippen LogP contribution in [0.2, 0.25) is 5.02 Å². The summed E-state index contributed by atoms with van der Waals surface area (Å²) in [4.78, 5) is 11.2. The van der Waals surface area contributed by atoms with Gasteiger partial charge < -0.3 is 11.1 Å². The van der Waals surface area contributed by atoms with Crippen molar-refractivity contribution in [2.24, 2.45) is 5.73 Å². The van der Waals surface area contributed by atoms with Gasteiger partial charge >= 0.3 is 0 Å². The standard InChI is InChI=1S/C20H24ClFN2O/c1-13-10-16(6-8-19(13)22)11-14(2)24-9-3-4-15-5-7-17(20(23)25)18(21)12-15/h5-8,10,12,14,24H,3-4,9,11H2,1-2H3,(H2,23,25). The third-order valence-electron chi connectivity index (χ3n) is 4.20. The molecule has 2 aromatic carbocycles. The molecule has 3 nitrogen and oxygen atoms in total. The second-order valence-electron chi connectivity index (χ2n) is 6.42. The summed E-state index contributed by atoms with van der Waals surface area (Å²) in [5.41, 5.74) is 8.50. The van der Waals surface area contributed by atoms with Gasteiger partial charge in [0.2, 0.25) is 5.91 Å². The first kappa shape index (κ1) is 19.4. The molecule has 134 valence electrons. The number of aryl methyl sites for hydroxylation is 2. The minimum absolute atomic E-state index is 0.162. The summed E-state index contributed by atoms with van der Waals surface area (Å²) in [5.74, 6) is -0.673. The molecule has 0 saturated heterocycles. The maximum absolute atomic E-state index is 13.3. The van der Waals surface area contributed by atoms with E-state index in [0.717, 1.165) is 36.9 Å². The summed E-state index contributed by atoms with van der Waals surface area (Å²) in [6, 6.07) is 10.9. The number of primary amides is 1. The molecular formula is C20H24ClFN2O. The molecule has 1 unspecified atom stereocenters. The summed E-state index contributed by atoms with van der Waals surface area (Å²) in [7, 11) is 0. The third kappa shape index (κ3) is 5.83. The normalized spacial score (nSPS) is 12.2. The van der Waals surface area contributed by atoms with Gasteiger partial charge in [0.05, 0.1) is 10.6 Å². The number of rotatable bonds is 8. The molecule has 0 aliphatic carbocycles. The first-order valence-corrected chi connectivity index (χ1v) is 8.81. The van der Waals surface area contributed by atoms with Gasteiger partial charge in [-0.25, -0.2) is 4.39 Å². The van der Waals surface area contributed by atoms with Crippen LogP contribution in [0.15, 0.2) is 36.4 Å². The topological polar surface area (TPSA) is 55.1 Å². The van der Waals surface area contributed by atoms with Crippen molar-refractivity contribution in [3.63, 3.8) is 0 Å². The van der Waals surface area contributed by atoms with Crippen molar-refractivity contribution in [1.29, 1.82) is 0 Å². The number of hydrogen-bond donors (Lipinski definition) is 2. The molecule has 1 amide bonds. The molecule has 0 aliphatic rings. The highest BCUT2D eigenvalue weighted by Gasteiger charge is 2.08. The van der Waals surface area contributed by atoms with Crippen molar-refractivity contribution in [3.05, 3.63) is 69.5 Å². The van der Waals surface area contributed by atoms with E-state index in [1.54, 1.807) is 19.1 Å². The predicted molar refractivity (Wildman–Crippen MR) is 101 cm³/mol. The van der Waals surface area contributed by atoms with Crippen LogP contribution in [0.3, 0.4) is 0 Å². The van der Waals surface area contributed by atoms with Gasteiger partial charge in [0.15, 0.2) is 0 Å². The van der Waals surface area contributed by atoms with Gasteiger partial charge in [-0.05, 0) is 74.5 Å². The fourth-order valence-corrected chi connectivity index (χ4v) is 3.11. The Balaban J connectivity index is 1.76. The fourth-order valence-electron chi connectivity index (χ4n) is 2.81. The Morgan fingerprint density at radius 2 is 1.96 bits per heavy atom. The molecule has 0 radical (unpaired) electrons. The van der Waals surface area contributed by atoms with E-state index in [0.29, 0.717) is 22.2 Å². The lowest BCUT2D eigenvalue weighted by Crippen LogP contribution is -2.29. The molecular weight excluding hydrogens is 339 g/mol. The molecule has 0 heterocycles. The summed E-state index contributed by atoms with van der Waals surface area (Å²) >= 11 is 6.06. The number of benzene rings is 2. The quantitative estimate of drug-likeness (QED) is 0.696. The first-order chi connectivity index (χ1) is 11.9. The molecule has 0 bridgehead atoms. The van der Waals surface area contributed by atoms with Gasteiger partial charge in [-0.1, -0.05) is 29.8 Å². The van der Waals surface area contributed by atoms with E-state index in [-0.39, 0.29) is 5.82 Å². The van der Waals surface area contributed by atoms with Crippen molar-refractivity contribution in [1.82, 2.24) is 5.32 Å². The number of hydrogen-bond acceptors (Lipinski definition) is 2. The van der Waals surface area contributed by atoms with Gasteiger partial charge in [-0.2, -0.15) is 0 Å². The van der Waals surface area contributed by atoms with Crippen molar-refractivity contribution < 1.29 is 9.18 Å². The number of nitrogens with two attached hydrogens (primary N) is 1. The fraction of sp³-hybridized carbons (Fsp3) is 0.350. The van der Waals surface area contributed by atoms with Crippen LogP contribution in [0.1, 0.15) is 40.4 Å². The van der Waals surface area contributed by atoms with Crippen LogP contribution in [0.5, 0.6) is 0 Å². The molecule has 1 atom stereocenters. The van der Waals surface area contributed by atoms with Gasteiger partial charge in [0, 0.05) is 6.04 Å². The van der Waals surface area contributed by atoms with Crippen LogP contribution in [-0.4, -0.2) is 18.5 Å². The molecule has 5 heteroatoms. The van der Waals surface area contributed by atoms with E-state index in [1.807, 2.05) is 18.2 Å². The number of halogens is 2. The van der Waals surface area contributed by atoms with Crippen LogP contribution < -0.4 is 11.1 Å². The zero-order chi connectivity index (χ0) is 18.4. The Labute approximate surface area is 153 Å². The summed E-state index contributed by atoms with van der Waals surface area (Å²) in [5, 5.41) is 3.88. The average molecular weight is 363 g/mol. The smallest absolute Gasteiger partial charge is 0.250 e. The van der Waals surface area contributed by atoms with Crippen molar-refractivity contribution in [2.45, 2.75) is 39.2 Å². The van der Waals surface area contributed by atoms with Gasteiger partial charge in [-0.15, -0.1) is 0 Å². The second kappa shape index (κ2) is 8.97. The molecule has 0 aliphatic heterocycles. The lowest BCUT2D eigenvalue weighted by Gasteiger charge is -2.14. The molecule has 3 N–H and O–H groups in total. The second-order valence-corrected chi connectivity index (χ2v) is 6.83. The van der Waals surface area contributed by atoms with E-state index >= 15 is 0 Å². The largest absolute Gasteiger partial charge is 0.366 e. The Morgan fingerprint density at radius 3 is 2.60 bits per heavy atom. The lowest BCUT2D eigenvalue weighted by molar-refractivity contribution is 0.100. The van der Waals surface area contributed by atoms with Gasteiger partial charge in [0.1, 0.15) is 5.82 Å². The maximum Gasteiger partial charge on any atom is 0.250 e. The maximum atomic E-state index is 13.3. The van der Waals surface area contributed by atoms with E-state index in [9.17, 15) is 9.18 Å². The van der Waals surface area contributed by atoms with Crippen molar-refractivity contribution in [3.8, 4) is 0 Å². The van der Waals surface area contributed by atoms with E-state index in [4.69, 9.17) is 17.3 Å². The lowest BCUT2D eigenvalue weighted by atomic mass is 10.0. The highest BCUT2D eigenvalue weighted by molar-refractivity contribution is 6.33. The average Bonchev–Trinajstić information content (AvgIpc) is 2.55. The minimum Gasteiger partial charge on any atom is -0.366 e. The molecule has 0 aromatic heterocycles. The Bertz CT molecular complexity index is 748. The minimum atomic E-state index is -0.511. The summed E-state index contributed by atoms with van der Waals surface area (Å²) in [6.07, 6.45) is 2.69. The number of nitrogens with one attached hydrogen (secondary N) is 1. The van der Waals surface area contributed by atoms with Crippen LogP contribution in [-0.2, 0) is 12.8 Å². The molecule has 2 rings (SSSR count).